The maximum atomic E-state index is 10.9. The maximum absolute atomic E-state index is 10.9. The van der Waals surface area contributed by atoms with E-state index in [1.165, 1.54) is 6.21 Å². The average molecular weight is 216 g/mol. The van der Waals surface area contributed by atoms with E-state index in [1.54, 1.807) is 0 Å². The molecule has 0 spiro atoms. The van der Waals surface area contributed by atoms with Gasteiger partial charge in [-0.25, -0.2) is 0 Å². The van der Waals surface area contributed by atoms with Gasteiger partial charge in [0.15, 0.2) is 12.0 Å². The van der Waals surface area contributed by atoms with Gasteiger partial charge < -0.3 is 4.74 Å². The minimum Gasteiger partial charge on any atom is -0.473 e. The molecule has 1 fully saturated rings. The molecule has 78 valence electrons. The van der Waals surface area contributed by atoms with Crippen LogP contribution in [0.25, 0.3) is 0 Å². The summed E-state index contributed by atoms with van der Waals surface area (Å²) in [7, 11) is -1.43. The fourth-order valence-corrected chi connectivity index (χ4v) is 2.30. The van der Waals surface area contributed by atoms with Crippen LogP contribution in [0.1, 0.15) is 12.8 Å². The zero-order valence-electron chi connectivity index (χ0n) is 7.88. The molecule has 0 N–H and O–H groups in total. The number of ether oxygens (including phenoxy) is 1. The van der Waals surface area contributed by atoms with Gasteiger partial charge in [0.2, 0.25) is 0 Å². The van der Waals surface area contributed by atoms with Crippen molar-refractivity contribution in [2.75, 3.05) is 13.6 Å². The fourth-order valence-electron chi connectivity index (χ4n) is 1.58. The van der Waals surface area contributed by atoms with E-state index in [0.29, 0.717) is 5.76 Å². The van der Waals surface area contributed by atoms with Gasteiger partial charge in [0.05, 0.1) is 11.6 Å². The molecule has 0 aromatic carbocycles. The van der Waals surface area contributed by atoms with Gasteiger partial charge in [0.25, 0.3) is 10.0 Å². The van der Waals surface area contributed by atoms with Crippen LogP contribution in [0.2, 0.25) is 0 Å². The number of nitrogens with zero attached hydrogens (tertiary/aromatic N) is 2. The van der Waals surface area contributed by atoms with Crippen LogP contribution < -0.4 is 0 Å². The van der Waals surface area contributed by atoms with Gasteiger partial charge in [0, 0.05) is 6.54 Å². The summed E-state index contributed by atoms with van der Waals surface area (Å²) in [6.45, 7) is 0.988. The summed E-state index contributed by atoms with van der Waals surface area (Å²) >= 11 is 0. The molecule has 14 heavy (non-hydrogen) atoms. The Morgan fingerprint density at radius 2 is 2.43 bits per heavy atom. The van der Waals surface area contributed by atoms with E-state index in [-0.39, 0.29) is 6.23 Å². The van der Waals surface area contributed by atoms with E-state index in [0.717, 1.165) is 24.8 Å². The molecule has 2 aliphatic heterocycles. The number of hydrogen-bond acceptors (Lipinski definition) is 4. The van der Waals surface area contributed by atoms with Crippen LogP contribution in [-0.2, 0) is 14.8 Å². The maximum Gasteiger partial charge on any atom is 0.279 e. The third-order valence-corrected chi connectivity index (χ3v) is 3.25. The van der Waals surface area contributed by atoms with Crippen molar-refractivity contribution in [3.05, 3.63) is 11.2 Å². The summed E-state index contributed by atoms with van der Waals surface area (Å²) in [5.41, 5.74) is 0. The fraction of sp³-hybridized carbons (Fsp3) is 0.625. The molecule has 0 aromatic heterocycles. The minimum absolute atomic E-state index is 0.0130. The highest BCUT2D eigenvalue weighted by atomic mass is 32.2. The molecule has 0 aliphatic carbocycles. The van der Waals surface area contributed by atoms with Gasteiger partial charge >= 0.3 is 0 Å². The summed E-state index contributed by atoms with van der Waals surface area (Å²) in [5, 5.41) is 1.05. The first-order valence-electron chi connectivity index (χ1n) is 4.46. The van der Waals surface area contributed by atoms with Gasteiger partial charge in [-0.1, -0.05) is 0 Å². The van der Waals surface area contributed by atoms with Crippen LogP contribution in [0.15, 0.2) is 15.6 Å². The molecule has 1 saturated heterocycles. The number of rotatable bonds is 2. The lowest BCUT2D eigenvalue weighted by molar-refractivity contribution is 0.0317. The smallest absolute Gasteiger partial charge is 0.279 e. The monoisotopic (exact) mass is 216 g/mol. The van der Waals surface area contributed by atoms with Crippen LogP contribution >= 0.6 is 0 Å². The molecule has 0 saturated carbocycles. The molecule has 6 heteroatoms. The summed E-state index contributed by atoms with van der Waals surface area (Å²) < 4.78 is 30.7. The van der Waals surface area contributed by atoms with Gasteiger partial charge in [-0.05, 0) is 19.9 Å². The normalized spacial score (nSPS) is 30.6. The second-order valence-electron chi connectivity index (χ2n) is 3.47. The van der Waals surface area contributed by atoms with E-state index in [4.69, 9.17) is 4.74 Å². The Balaban J connectivity index is 2.03. The van der Waals surface area contributed by atoms with Crippen molar-refractivity contribution < 1.29 is 13.2 Å². The third-order valence-electron chi connectivity index (χ3n) is 2.32. The number of hydrogen-bond donors (Lipinski definition) is 0. The van der Waals surface area contributed by atoms with Crippen molar-refractivity contribution in [1.29, 1.82) is 0 Å². The molecule has 0 bridgehead atoms. The Morgan fingerprint density at radius 3 is 2.93 bits per heavy atom. The highest BCUT2D eigenvalue weighted by molar-refractivity contribution is 7.93. The van der Waals surface area contributed by atoms with Crippen molar-refractivity contribution in [3.63, 3.8) is 0 Å². The average Bonchev–Trinajstić information content (AvgIpc) is 2.61. The summed E-state index contributed by atoms with van der Waals surface area (Å²) in [5.74, 6) is 0.337. The molecule has 1 atom stereocenters. The van der Waals surface area contributed by atoms with Crippen LogP contribution in [0.3, 0.4) is 0 Å². The van der Waals surface area contributed by atoms with Crippen LogP contribution in [0.5, 0.6) is 0 Å². The highest BCUT2D eigenvalue weighted by Crippen LogP contribution is 2.20. The van der Waals surface area contributed by atoms with E-state index in [1.807, 2.05) is 7.05 Å². The second kappa shape index (κ2) is 3.36. The molecule has 2 aliphatic rings. The van der Waals surface area contributed by atoms with E-state index in [9.17, 15) is 8.42 Å². The first kappa shape index (κ1) is 9.67. The first-order chi connectivity index (χ1) is 6.57. The van der Waals surface area contributed by atoms with E-state index in [2.05, 4.69) is 9.30 Å². The molecule has 0 radical (unpaired) electrons. The standard InChI is InChI=1S/C8H12N2O3S/c1-10-4-2-3-8(10)13-7-5-9-14(11,12)6-7/h5-6,8H,2-4H2,1H3. The summed E-state index contributed by atoms with van der Waals surface area (Å²) in [4.78, 5) is 2.06. The van der Waals surface area contributed by atoms with Gasteiger partial charge in [-0.2, -0.15) is 12.8 Å². The predicted octanol–water partition coefficient (Wildman–Crippen LogP) is 0.310. The van der Waals surface area contributed by atoms with Crippen molar-refractivity contribution >= 4 is 16.2 Å². The van der Waals surface area contributed by atoms with Crippen LogP contribution in [-0.4, -0.2) is 39.4 Å². The Bertz CT molecular complexity index is 385. The number of sulfonamides is 1. The van der Waals surface area contributed by atoms with Crippen LogP contribution in [0, 0.1) is 0 Å². The lowest BCUT2D eigenvalue weighted by Gasteiger charge is -2.19. The molecule has 5 nitrogen and oxygen atoms in total. The Kier molecular flexibility index (Phi) is 2.32. The molecular formula is C8H12N2O3S. The van der Waals surface area contributed by atoms with Crippen molar-refractivity contribution in [2.45, 2.75) is 19.1 Å². The number of likely N-dealkylation sites (tertiary alicyclic amines) is 1. The van der Waals surface area contributed by atoms with Crippen LogP contribution in [0.4, 0.5) is 0 Å². The molecular weight excluding hydrogens is 204 g/mol. The zero-order chi connectivity index (χ0) is 10.2. The third kappa shape index (κ3) is 1.96. The molecule has 2 heterocycles. The van der Waals surface area contributed by atoms with E-state index < -0.39 is 10.0 Å². The van der Waals surface area contributed by atoms with Gasteiger partial charge in [0.1, 0.15) is 0 Å². The summed E-state index contributed by atoms with van der Waals surface area (Å²) in [6, 6.07) is 0. The molecule has 0 aromatic rings. The van der Waals surface area contributed by atoms with Crippen molar-refractivity contribution in [2.24, 2.45) is 4.40 Å². The Morgan fingerprint density at radius 1 is 1.64 bits per heavy atom. The predicted molar refractivity (Wildman–Crippen MR) is 52.2 cm³/mol. The Hall–Kier alpha value is -0.880. The lowest BCUT2D eigenvalue weighted by atomic mass is 10.4. The SMILES string of the molecule is CN1CCCC1OC1=CS(=O)(=O)N=C1. The molecule has 0 amide bonds. The minimum atomic E-state index is -3.39. The Labute approximate surface area is 83.1 Å². The zero-order valence-corrected chi connectivity index (χ0v) is 8.70. The lowest BCUT2D eigenvalue weighted by Crippen LogP contribution is -2.27. The van der Waals surface area contributed by atoms with Gasteiger partial charge in [-0.15, -0.1) is 0 Å². The van der Waals surface area contributed by atoms with E-state index >= 15 is 0 Å². The summed E-state index contributed by atoms with van der Waals surface area (Å²) in [6.07, 6.45) is 3.25. The topological polar surface area (TPSA) is 59.0 Å². The largest absolute Gasteiger partial charge is 0.473 e. The molecule has 2 rings (SSSR count). The highest BCUT2D eigenvalue weighted by Gasteiger charge is 2.24. The van der Waals surface area contributed by atoms with Crippen molar-refractivity contribution in [3.8, 4) is 0 Å². The van der Waals surface area contributed by atoms with Crippen molar-refractivity contribution in [1.82, 2.24) is 4.90 Å². The first-order valence-corrected chi connectivity index (χ1v) is 5.96. The second-order valence-corrected chi connectivity index (χ2v) is 4.94. The molecule has 1 unspecified atom stereocenters. The number of allylic oxidation sites excluding steroid dienone is 1. The quantitative estimate of drug-likeness (QED) is 0.666. The van der Waals surface area contributed by atoms with Gasteiger partial charge in [-0.3, -0.25) is 4.90 Å².